The number of hydrogen-bond donors (Lipinski definition) is 2. The molecule has 1 aliphatic rings. The van der Waals surface area contributed by atoms with E-state index in [0.717, 1.165) is 36.5 Å². The van der Waals surface area contributed by atoms with E-state index in [9.17, 15) is 4.79 Å². The third-order valence-corrected chi connectivity index (χ3v) is 3.55. The molecule has 0 bridgehead atoms. The van der Waals surface area contributed by atoms with E-state index in [1.165, 1.54) is 5.57 Å². The first-order chi connectivity index (χ1) is 9.60. The number of anilines is 1. The van der Waals surface area contributed by atoms with Crippen molar-refractivity contribution < 1.29 is 9.53 Å². The van der Waals surface area contributed by atoms with Crippen LogP contribution in [0.3, 0.4) is 0 Å². The smallest absolute Gasteiger partial charge is 0.251 e. The van der Waals surface area contributed by atoms with Crippen LogP contribution in [-0.2, 0) is 4.79 Å². The number of carbonyl (C=O) groups excluding carboxylic acids is 1. The van der Waals surface area contributed by atoms with Crippen molar-refractivity contribution in [2.45, 2.75) is 33.3 Å². The Morgan fingerprint density at radius 1 is 1.45 bits per heavy atom. The van der Waals surface area contributed by atoms with Crippen LogP contribution in [0.15, 0.2) is 35.4 Å². The Labute approximate surface area is 120 Å². The second-order valence-electron chi connectivity index (χ2n) is 5.15. The number of amides is 1. The highest BCUT2D eigenvalue weighted by atomic mass is 16.5. The first-order valence-corrected chi connectivity index (χ1v) is 7.07. The van der Waals surface area contributed by atoms with Crippen LogP contribution in [0.4, 0.5) is 5.69 Å². The van der Waals surface area contributed by atoms with Gasteiger partial charge in [0.25, 0.3) is 5.91 Å². The van der Waals surface area contributed by atoms with Crippen LogP contribution in [0.25, 0.3) is 0 Å². The second-order valence-corrected chi connectivity index (χ2v) is 5.15. The SMILES string of the molecule is CCC(C)Oc1cccc(NC(=O)C(C)=C2CNC2)c1. The van der Waals surface area contributed by atoms with E-state index in [1.54, 1.807) is 0 Å². The van der Waals surface area contributed by atoms with Crippen LogP contribution in [-0.4, -0.2) is 25.1 Å². The van der Waals surface area contributed by atoms with E-state index < -0.39 is 0 Å². The molecule has 0 saturated carbocycles. The average molecular weight is 274 g/mol. The van der Waals surface area contributed by atoms with Crippen molar-refractivity contribution in [3.8, 4) is 5.75 Å². The van der Waals surface area contributed by atoms with Gasteiger partial charge in [-0.05, 0) is 38.0 Å². The number of hydrogen-bond acceptors (Lipinski definition) is 3. The van der Waals surface area contributed by atoms with Gasteiger partial charge in [-0.3, -0.25) is 4.79 Å². The molecule has 0 spiro atoms. The summed E-state index contributed by atoms with van der Waals surface area (Å²) < 4.78 is 5.75. The summed E-state index contributed by atoms with van der Waals surface area (Å²) >= 11 is 0. The van der Waals surface area contributed by atoms with Gasteiger partial charge in [-0.1, -0.05) is 13.0 Å². The zero-order valence-electron chi connectivity index (χ0n) is 12.3. The quantitative estimate of drug-likeness (QED) is 0.812. The summed E-state index contributed by atoms with van der Waals surface area (Å²) in [5.74, 6) is 0.745. The van der Waals surface area contributed by atoms with Gasteiger partial charge in [-0.25, -0.2) is 0 Å². The molecule has 1 aliphatic heterocycles. The summed E-state index contributed by atoms with van der Waals surface area (Å²) in [6, 6.07) is 7.53. The fourth-order valence-corrected chi connectivity index (χ4v) is 1.86. The molecular weight excluding hydrogens is 252 g/mol. The lowest BCUT2D eigenvalue weighted by atomic mass is 10.0. The van der Waals surface area contributed by atoms with Crippen LogP contribution in [0.2, 0.25) is 0 Å². The van der Waals surface area contributed by atoms with Crippen LogP contribution in [0.5, 0.6) is 5.75 Å². The molecule has 1 atom stereocenters. The van der Waals surface area contributed by atoms with Gasteiger partial charge >= 0.3 is 0 Å². The third-order valence-electron chi connectivity index (χ3n) is 3.55. The summed E-state index contributed by atoms with van der Waals surface area (Å²) in [5, 5.41) is 6.06. The van der Waals surface area contributed by atoms with Gasteiger partial charge in [0.05, 0.1) is 6.10 Å². The average Bonchev–Trinajstić information content (AvgIpc) is 2.36. The Hall–Kier alpha value is -1.81. The van der Waals surface area contributed by atoms with E-state index in [0.29, 0.717) is 0 Å². The Bertz CT molecular complexity index is 517. The summed E-state index contributed by atoms with van der Waals surface area (Å²) in [4.78, 5) is 12.1. The number of rotatable bonds is 5. The molecule has 2 N–H and O–H groups in total. The highest BCUT2D eigenvalue weighted by Gasteiger charge is 2.16. The van der Waals surface area contributed by atoms with Crippen molar-refractivity contribution >= 4 is 11.6 Å². The van der Waals surface area contributed by atoms with Gasteiger partial charge in [-0.2, -0.15) is 0 Å². The highest BCUT2D eigenvalue weighted by Crippen LogP contribution is 2.20. The molecule has 20 heavy (non-hydrogen) atoms. The van der Waals surface area contributed by atoms with E-state index in [-0.39, 0.29) is 12.0 Å². The first-order valence-electron chi connectivity index (χ1n) is 7.07. The third kappa shape index (κ3) is 3.61. The zero-order valence-corrected chi connectivity index (χ0v) is 12.3. The molecule has 1 aromatic rings. The molecule has 4 nitrogen and oxygen atoms in total. The van der Waals surface area contributed by atoms with Gasteiger partial charge in [-0.15, -0.1) is 0 Å². The molecule has 2 rings (SSSR count). The standard InChI is InChI=1S/C16H22N2O2/c1-4-11(2)20-15-7-5-6-14(8-15)18-16(19)12(3)13-9-17-10-13/h5-8,11,17H,4,9-10H2,1-3H3,(H,18,19). The number of carbonyl (C=O) groups is 1. The Balaban J connectivity index is 2.02. The molecule has 1 heterocycles. The highest BCUT2D eigenvalue weighted by molar-refractivity contribution is 6.04. The molecule has 108 valence electrons. The predicted molar refractivity (Wildman–Crippen MR) is 81.0 cm³/mol. The first kappa shape index (κ1) is 14.6. The molecule has 0 radical (unpaired) electrons. The molecule has 1 aromatic carbocycles. The van der Waals surface area contributed by atoms with Crippen LogP contribution in [0.1, 0.15) is 27.2 Å². The van der Waals surface area contributed by atoms with E-state index in [4.69, 9.17) is 4.74 Å². The maximum absolute atomic E-state index is 12.1. The van der Waals surface area contributed by atoms with Gasteiger partial charge in [0.2, 0.25) is 0 Å². The van der Waals surface area contributed by atoms with Crippen molar-refractivity contribution in [1.82, 2.24) is 5.32 Å². The van der Waals surface area contributed by atoms with Crippen molar-refractivity contribution in [3.63, 3.8) is 0 Å². The largest absolute Gasteiger partial charge is 0.491 e. The lowest BCUT2D eigenvalue weighted by Crippen LogP contribution is -2.36. The van der Waals surface area contributed by atoms with Crippen molar-refractivity contribution in [3.05, 3.63) is 35.4 Å². The zero-order chi connectivity index (χ0) is 14.5. The van der Waals surface area contributed by atoms with Gasteiger partial charge < -0.3 is 15.4 Å². The predicted octanol–water partition coefficient (Wildman–Crippen LogP) is 2.72. The van der Waals surface area contributed by atoms with E-state index in [2.05, 4.69) is 17.6 Å². The van der Waals surface area contributed by atoms with Crippen molar-refractivity contribution in [2.24, 2.45) is 0 Å². The van der Waals surface area contributed by atoms with Crippen LogP contribution in [0, 0.1) is 0 Å². The summed E-state index contributed by atoms with van der Waals surface area (Å²) in [5.41, 5.74) is 2.74. The maximum Gasteiger partial charge on any atom is 0.251 e. The number of ether oxygens (including phenoxy) is 1. The van der Waals surface area contributed by atoms with Gasteiger partial charge in [0.1, 0.15) is 5.75 Å². The molecule has 1 unspecified atom stereocenters. The van der Waals surface area contributed by atoms with Crippen LogP contribution >= 0.6 is 0 Å². The molecular formula is C16H22N2O2. The lowest BCUT2D eigenvalue weighted by molar-refractivity contribution is -0.112. The minimum absolute atomic E-state index is 0.0396. The Morgan fingerprint density at radius 2 is 2.20 bits per heavy atom. The molecule has 0 aliphatic carbocycles. The molecule has 4 heteroatoms. The monoisotopic (exact) mass is 274 g/mol. The van der Waals surface area contributed by atoms with Crippen molar-refractivity contribution in [1.29, 1.82) is 0 Å². The fraction of sp³-hybridized carbons (Fsp3) is 0.438. The minimum Gasteiger partial charge on any atom is -0.491 e. The molecule has 0 aromatic heterocycles. The summed E-state index contributed by atoms with van der Waals surface area (Å²) in [7, 11) is 0. The molecule has 1 fully saturated rings. The van der Waals surface area contributed by atoms with Crippen LogP contribution < -0.4 is 15.4 Å². The summed E-state index contributed by atoms with van der Waals surface area (Å²) in [6.45, 7) is 7.61. The van der Waals surface area contributed by atoms with Crippen molar-refractivity contribution in [2.75, 3.05) is 18.4 Å². The molecule has 1 saturated heterocycles. The topological polar surface area (TPSA) is 50.4 Å². The second kappa shape index (κ2) is 6.57. The van der Waals surface area contributed by atoms with E-state index in [1.807, 2.05) is 38.1 Å². The normalized spacial score (nSPS) is 15.2. The van der Waals surface area contributed by atoms with Gasteiger partial charge in [0, 0.05) is 30.4 Å². The number of nitrogens with one attached hydrogen (secondary N) is 2. The fourth-order valence-electron chi connectivity index (χ4n) is 1.86. The van der Waals surface area contributed by atoms with E-state index >= 15 is 0 Å². The summed E-state index contributed by atoms with van der Waals surface area (Å²) in [6.07, 6.45) is 1.13. The number of benzene rings is 1. The molecule has 1 amide bonds. The maximum atomic E-state index is 12.1. The Kier molecular flexibility index (Phi) is 4.79. The minimum atomic E-state index is -0.0396. The lowest BCUT2D eigenvalue weighted by Gasteiger charge is -2.21. The van der Waals surface area contributed by atoms with Gasteiger partial charge in [0.15, 0.2) is 0 Å². The Morgan fingerprint density at radius 3 is 2.80 bits per heavy atom.